The van der Waals surface area contributed by atoms with E-state index in [-0.39, 0.29) is 18.5 Å². The molecule has 1 aliphatic rings. The highest BCUT2D eigenvalue weighted by Gasteiger charge is 2.31. The molecule has 2 heterocycles. The first kappa shape index (κ1) is 31.9. The largest absolute Gasteiger partial charge is 0.456 e. The van der Waals surface area contributed by atoms with Crippen LogP contribution in [0.25, 0.3) is 76.5 Å². The van der Waals surface area contributed by atoms with Crippen molar-refractivity contribution in [1.82, 2.24) is 16.0 Å². The molecule has 1 fully saturated rings. The zero-order chi connectivity index (χ0) is 36.3. The Morgan fingerprint density at radius 1 is 0.345 bits per heavy atom. The van der Waals surface area contributed by atoms with Crippen LogP contribution in [-0.2, 0) is 0 Å². The lowest BCUT2D eigenvalue weighted by atomic mass is 9.89. The number of benzene rings is 9. The molecule has 10 aromatic rings. The monoisotopic (exact) mass is 707 g/mol. The fourth-order valence-corrected chi connectivity index (χ4v) is 8.65. The zero-order valence-corrected chi connectivity index (χ0v) is 30.0. The second-order valence-electron chi connectivity index (χ2n) is 14.6. The summed E-state index contributed by atoms with van der Waals surface area (Å²) in [4.78, 5) is 0. The fraction of sp³-hybridized carbons (Fsp3) is 0.0588. The maximum Gasteiger partial charge on any atom is 0.136 e. The maximum atomic E-state index is 6.78. The van der Waals surface area contributed by atoms with Crippen molar-refractivity contribution >= 4 is 54.3 Å². The Labute approximate surface area is 319 Å². The number of nitrogens with one attached hydrogen (secondary N) is 3. The molecule has 3 N–H and O–H groups in total. The van der Waals surface area contributed by atoms with E-state index in [1.807, 2.05) is 0 Å². The molecule has 1 aliphatic heterocycles. The molecule has 0 spiro atoms. The molecular weight excluding hydrogens is 671 g/mol. The molecule has 0 radical (unpaired) electrons. The highest BCUT2D eigenvalue weighted by molar-refractivity contribution is 6.19. The molecule has 9 aromatic carbocycles. The molecule has 0 amide bonds. The van der Waals surface area contributed by atoms with Crippen LogP contribution in [0, 0.1) is 0 Å². The number of fused-ring (bicyclic) bond motifs is 6. The lowest BCUT2D eigenvalue weighted by Crippen LogP contribution is -2.54. The minimum atomic E-state index is -0.124. The highest BCUT2D eigenvalue weighted by Crippen LogP contribution is 2.44. The Morgan fingerprint density at radius 2 is 0.927 bits per heavy atom. The quantitative estimate of drug-likeness (QED) is 0.167. The van der Waals surface area contributed by atoms with Crippen molar-refractivity contribution in [2.45, 2.75) is 18.5 Å². The van der Waals surface area contributed by atoms with Crippen LogP contribution in [0.4, 0.5) is 0 Å². The van der Waals surface area contributed by atoms with Crippen molar-refractivity contribution in [2.24, 2.45) is 0 Å². The van der Waals surface area contributed by atoms with Gasteiger partial charge in [-0.2, -0.15) is 0 Å². The predicted octanol–water partition coefficient (Wildman–Crippen LogP) is 12.6. The van der Waals surface area contributed by atoms with Crippen LogP contribution in [0.3, 0.4) is 0 Å². The fourth-order valence-electron chi connectivity index (χ4n) is 8.65. The molecule has 2 atom stereocenters. The van der Waals surface area contributed by atoms with Crippen LogP contribution in [0.5, 0.6) is 0 Å². The molecule has 262 valence electrons. The Morgan fingerprint density at radius 3 is 1.64 bits per heavy atom. The van der Waals surface area contributed by atoms with Crippen molar-refractivity contribution in [1.29, 1.82) is 0 Å². The van der Waals surface area contributed by atoms with E-state index in [0.29, 0.717) is 0 Å². The molecular formula is C51H37N3O. The van der Waals surface area contributed by atoms with Crippen LogP contribution < -0.4 is 16.0 Å². The lowest BCUT2D eigenvalue weighted by molar-refractivity contribution is 0.204. The maximum absolute atomic E-state index is 6.78. The third-order valence-electron chi connectivity index (χ3n) is 11.3. The van der Waals surface area contributed by atoms with Gasteiger partial charge in [-0.15, -0.1) is 0 Å². The van der Waals surface area contributed by atoms with E-state index in [2.05, 4.69) is 204 Å². The van der Waals surface area contributed by atoms with Gasteiger partial charge in [-0.25, -0.2) is 0 Å². The van der Waals surface area contributed by atoms with Crippen LogP contribution in [-0.4, -0.2) is 0 Å². The summed E-state index contributed by atoms with van der Waals surface area (Å²) >= 11 is 0. The van der Waals surface area contributed by atoms with Crippen molar-refractivity contribution in [3.63, 3.8) is 0 Å². The van der Waals surface area contributed by atoms with Gasteiger partial charge in [-0.1, -0.05) is 158 Å². The number of rotatable bonds is 5. The summed E-state index contributed by atoms with van der Waals surface area (Å²) in [7, 11) is 0. The van der Waals surface area contributed by atoms with E-state index in [4.69, 9.17) is 4.42 Å². The molecule has 0 bridgehead atoms. The molecule has 2 unspecified atom stereocenters. The molecule has 55 heavy (non-hydrogen) atoms. The van der Waals surface area contributed by atoms with E-state index in [0.717, 1.165) is 38.6 Å². The first-order chi connectivity index (χ1) is 27.2. The SMILES string of the molecule is c1ccc(C2NC(c3ccccc3)NC(c3ccc(-c4cc(-c5ccc6ccccc6c5)cc5oc6cc7ccccc7cc6c45)c4ccccc34)N2)cc1. The van der Waals surface area contributed by atoms with E-state index >= 15 is 0 Å². The summed E-state index contributed by atoms with van der Waals surface area (Å²) in [5.41, 5.74) is 10.0. The highest BCUT2D eigenvalue weighted by atomic mass is 16.3. The van der Waals surface area contributed by atoms with Crippen LogP contribution in [0.2, 0.25) is 0 Å². The van der Waals surface area contributed by atoms with E-state index in [9.17, 15) is 0 Å². The number of furan rings is 1. The van der Waals surface area contributed by atoms with Crippen molar-refractivity contribution in [3.05, 3.63) is 205 Å². The summed E-state index contributed by atoms with van der Waals surface area (Å²) < 4.78 is 6.78. The third-order valence-corrected chi connectivity index (χ3v) is 11.3. The van der Waals surface area contributed by atoms with E-state index in [1.54, 1.807) is 0 Å². The van der Waals surface area contributed by atoms with Gasteiger partial charge in [0.1, 0.15) is 11.2 Å². The minimum Gasteiger partial charge on any atom is -0.456 e. The molecule has 1 saturated heterocycles. The number of hydrogen-bond donors (Lipinski definition) is 3. The van der Waals surface area contributed by atoms with E-state index in [1.165, 1.54) is 54.6 Å². The van der Waals surface area contributed by atoms with Gasteiger partial charge in [0.2, 0.25) is 0 Å². The molecule has 0 saturated carbocycles. The molecule has 4 heteroatoms. The average molecular weight is 708 g/mol. The van der Waals surface area contributed by atoms with Crippen LogP contribution in [0.15, 0.2) is 192 Å². The summed E-state index contributed by atoms with van der Waals surface area (Å²) in [6.45, 7) is 0. The van der Waals surface area contributed by atoms with Gasteiger partial charge in [0.25, 0.3) is 0 Å². The second kappa shape index (κ2) is 13.1. The predicted molar refractivity (Wildman–Crippen MR) is 228 cm³/mol. The first-order valence-corrected chi connectivity index (χ1v) is 19.0. The molecule has 11 rings (SSSR count). The Bertz CT molecular complexity index is 3000. The Hall–Kier alpha value is -6.56. The van der Waals surface area contributed by atoms with Gasteiger partial charge in [0.15, 0.2) is 0 Å². The topological polar surface area (TPSA) is 49.2 Å². The first-order valence-electron chi connectivity index (χ1n) is 19.0. The smallest absolute Gasteiger partial charge is 0.136 e. The van der Waals surface area contributed by atoms with Gasteiger partial charge in [-0.05, 0) is 102 Å². The van der Waals surface area contributed by atoms with Gasteiger partial charge >= 0.3 is 0 Å². The zero-order valence-electron chi connectivity index (χ0n) is 30.0. The van der Waals surface area contributed by atoms with Crippen molar-refractivity contribution < 1.29 is 4.42 Å². The van der Waals surface area contributed by atoms with Gasteiger partial charge in [0.05, 0.1) is 18.5 Å². The minimum absolute atomic E-state index is 0.0542. The third kappa shape index (κ3) is 5.58. The molecule has 4 nitrogen and oxygen atoms in total. The Balaban J connectivity index is 1.11. The van der Waals surface area contributed by atoms with Crippen molar-refractivity contribution in [3.8, 4) is 22.3 Å². The van der Waals surface area contributed by atoms with Crippen LogP contribution >= 0.6 is 0 Å². The van der Waals surface area contributed by atoms with Gasteiger partial charge in [0, 0.05) is 10.8 Å². The number of hydrogen-bond acceptors (Lipinski definition) is 4. The Kier molecular flexibility index (Phi) is 7.59. The van der Waals surface area contributed by atoms with Crippen molar-refractivity contribution in [2.75, 3.05) is 0 Å². The summed E-state index contributed by atoms with van der Waals surface area (Å²) in [6, 6.07) is 67.7. The lowest BCUT2D eigenvalue weighted by Gasteiger charge is -2.40. The van der Waals surface area contributed by atoms with Gasteiger partial charge in [-0.3, -0.25) is 16.0 Å². The molecule has 0 aliphatic carbocycles. The average Bonchev–Trinajstić information content (AvgIpc) is 3.62. The summed E-state index contributed by atoms with van der Waals surface area (Å²) in [6.07, 6.45) is -0.233. The van der Waals surface area contributed by atoms with Crippen LogP contribution in [0.1, 0.15) is 35.2 Å². The summed E-state index contributed by atoms with van der Waals surface area (Å²) in [5.74, 6) is 0. The normalized spacial score (nSPS) is 17.4. The summed E-state index contributed by atoms with van der Waals surface area (Å²) in [5, 5.41) is 21.1. The second-order valence-corrected chi connectivity index (χ2v) is 14.6. The van der Waals surface area contributed by atoms with Gasteiger partial charge < -0.3 is 4.42 Å². The molecule has 1 aromatic heterocycles. The standard InChI is InChI=1S/C51H37N3O/c1-3-14-33(15-4-1)49-52-50(34-16-5-2-6-17-34)54-51(53-49)43-26-25-42(40-21-11-12-22-41(40)43)44-29-39(38-24-23-32-13-7-8-18-35(32)27-38)31-47-48(44)45-28-36-19-9-10-20-37(36)30-46(45)55-47/h1-31,49-54H. The van der Waals surface area contributed by atoms with E-state index < -0.39 is 0 Å².